The topological polar surface area (TPSA) is 27.7 Å². The SMILES string of the molecule is CCC[Si]OP(O[Si]CCC)O[Si]CCC. The molecule has 0 heterocycles. The second kappa shape index (κ2) is 14.0. The molecule has 16 heavy (non-hydrogen) atoms. The maximum absolute atomic E-state index is 5.64. The number of hydrogen-bond acceptors (Lipinski definition) is 3. The number of rotatable bonds is 12. The van der Waals surface area contributed by atoms with Gasteiger partial charge in [-0.1, -0.05) is 40.0 Å². The highest BCUT2D eigenvalue weighted by atomic mass is 31.2. The van der Waals surface area contributed by atoms with Gasteiger partial charge in [0, 0.05) is 0 Å². The van der Waals surface area contributed by atoms with Crippen LogP contribution in [0.5, 0.6) is 0 Å². The van der Waals surface area contributed by atoms with Crippen molar-refractivity contribution in [3.05, 3.63) is 0 Å². The Morgan fingerprint density at radius 3 is 1.25 bits per heavy atom. The summed E-state index contributed by atoms with van der Waals surface area (Å²) in [4.78, 5) is 0. The van der Waals surface area contributed by atoms with Gasteiger partial charge in [0.25, 0.3) is 8.60 Å². The van der Waals surface area contributed by atoms with Crippen molar-refractivity contribution in [1.29, 1.82) is 0 Å². The van der Waals surface area contributed by atoms with Gasteiger partial charge in [-0.05, 0) is 18.1 Å². The van der Waals surface area contributed by atoms with Crippen molar-refractivity contribution in [2.75, 3.05) is 0 Å². The van der Waals surface area contributed by atoms with Crippen LogP contribution in [0.3, 0.4) is 0 Å². The van der Waals surface area contributed by atoms with Crippen LogP contribution in [-0.2, 0) is 12.6 Å². The fraction of sp³-hybridized carbons (Fsp3) is 1.00. The molecule has 0 rings (SSSR count). The summed E-state index contributed by atoms with van der Waals surface area (Å²) in [5, 5.41) is 0. The molecule has 6 radical (unpaired) electrons. The molecule has 0 spiro atoms. The van der Waals surface area contributed by atoms with Gasteiger partial charge in [0.1, 0.15) is 0 Å². The van der Waals surface area contributed by atoms with Crippen molar-refractivity contribution in [2.24, 2.45) is 0 Å². The van der Waals surface area contributed by atoms with E-state index in [-0.39, 0.29) is 0 Å². The molecule has 0 saturated carbocycles. The Kier molecular flexibility index (Phi) is 14.9. The van der Waals surface area contributed by atoms with Gasteiger partial charge in [0.15, 0.2) is 0 Å². The zero-order valence-corrected chi connectivity index (χ0v) is 14.3. The van der Waals surface area contributed by atoms with Gasteiger partial charge in [-0.25, -0.2) is 0 Å². The molecule has 0 aromatic rings. The summed E-state index contributed by atoms with van der Waals surface area (Å²) in [6.45, 7) is 6.49. The van der Waals surface area contributed by atoms with Crippen molar-refractivity contribution in [2.45, 2.75) is 58.2 Å². The van der Waals surface area contributed by atoms with Crippen molar-refractivity contribution in [3.8, 4) is 0 Å². The van der Waals surface area contributed by atoms with Gasteiger partial charge in [-0.3, -0.25) is 0 Å². The summed E-state index contributed by atoms with van der Waals surface area (Å²) < 4.78 is 16.9. The molecule has 92 valence electrons. The van der Waals surface area contributed by atoms with E-state index in [9.17, 15) is 0 Å². The first-order valence-electron chi connectivity index (χ1n) is 5.84. The lowest BCUT2D eigenvalue weighted by molar-refractivity contribution is 0.415. The molecule has 0 aromatic carbocycles. The Labute approximate surface area is 109 Å². The minimum Gasteiger partial charge on any atom is -0.356 e. The average Bonchev–Trinajstić information content (AvgIpc) is 2.29. The molecule has 0 bridgehead atoms. The predicted octanol–water partition coefficient (Wildman–Crippen LogP) is 3.61. The van der Waals surface area contributed by atoms with Crippen molar-refractivity contribution in [3.63, 3.8) is 0 Å². The first kappa shape index (κ1) is 17.0. The molecule has 0 aromatic heterocycles. The molecule has 3 nitrogen and oxygen atoms in total. The third kappa shape index (κ3) is 11.4. The van der Waals surface area contributed by atoms with E-state index in [0.29, 0.717) is 29.3 Å². The lowest BCUT2D eigenvalue weighted by Crippen LogP contribution is -2.04. The molecule has 7 heteroatoms. The predicted molar refractivity (Wildman–Crippen MR) is 72.7 cm³/mol. The second-order valence-corrected chi connectivity index (χ2v) is 8.18. The summed E-state index contributed by atoms with van der Waals surface area (Å²) in [6, 6.07) is 3.33. The first-order chi connectivity index (χ1) is 7.85. The largest absolute Gasteiger partial charge is 0.356 e. The summed E-state index contributed by atoms with van der Waals surface area (Å²) in [7, 11) is 0.514. The molecule has 0 aliphatic carbocycles. The Bertz CT molecular complexity index is 119. The first-order valence-corrected chi connectivity index (χ1v) is 10.3. The Hall–Kier alpha value is 0.961. The van der Waals surface area contributed by atoms with Gasteiger partial charge in [0.2, 0.25) is 29.3 Å². The van der Waals surface area contributed by atoms with E-state index in [1.165, 1.54) is 0 Å². The molecule has 0 fully saturated rings. The monoisotopic (exact) mass is 292 g/mol. The van der Waals surface area contributed by atoms with Crippen LogP contribution < -0.4 is 0 Å². The zero-order chi connectivity index (χ0) is 12.1. The van der Waals surface area contributed by atoms with E-state index in [0.717, 1.165) is 37.4 Å². The fourth-order valence-electron chi connectivity index (χ4n) is 0.657. The number of hydrogen-bond donors (Lipinski definition) is 0. The van der Waals surface area contributed by atoms with Gasteiger partial charge in [-0.15, -0.1) is 0 Å². The normalized spacial score (nSPS) is 11.2. The van der Waals surface area contributed by atoms with Crippen LogP contribution in [-0.4, -0.2) is 29.3 Å². The van der Waals surface area contributed by atoms with Crippen LogP contribution in [0.2, 0.25) is 18.1 Å². The maximum atomic E-state index is 5.64. The average molecular weight is 292 g/mol. The molecule has 0 aliphatic heterocycles. The minimum absolute atomic E-state index is 0.524. The third-order valence-corrected chi connectivity index (χ3v) is 6.92. The van der Waals surface area contributed by atoms with Crippen molar-refractivity contribution < 1.29 is 12.6 Å². The van der Waals surface area contributed by atoms with Crippen LogP contribution in [0.25, 0.3) is 0 Å². The quantitative estimate of drug-likeness (QED) is 0.312. The van der Waals surface area contributed by atoms with Crippen LogP contribution in [0.4, 0.5) is 0 Å². The molecule has 0 unspecified atom stereocenters. The van der Waals surface area contributed by atoms with E-state index in [4.69, 9.17) is 12.6 Å². The standard InChI is InChI=1S/C9H21O3PSi3/c1-4-7-14-10-13(11-15-8-5-2)12-16-9-6-3/h4-9H2,1-3H3. The van der Waals surface area contributed by atoms with Gasteiger partial charge < -0.3 is 12.6 Å². The van der Waals surface area contributed by atoms with E-state index in [1.807, 2.05) is 0 Å². The Morgan fingerprint density at radius 2 is 1.00 bits per heavy atom. The van der Waals surface area contributed by atoms with Crippen LogP contribution >= 0.6 is 8.60 Å². The molecule has 0 N–H and O–H groups in total. The van der Waals surface area contributed by atoms with Crippen molar-refractivity contribution >= 4 is 37.9 Å². The van der Waals surface area contributed by atoms with E-state index >= 15 is 0 Å². The molecule has 0 saturated heterocycles. The fourth-order valence-corrected chi connectivity index (χ4v) is 5.08. The highest BCUT2D eigenvalue weighted by Gasteiger charge is 2.12. The Morgan fingerprint density at radius 1 is 0.688 bits per heavy atom. The van der Waals surface area contributed by atoms with Crippen molar-refractivity contribution in [1.82, 2.24) is 0 Å². The Balaban J connectivity index is 3.58. The summed E-state index contributed by atoms with van der Waals surface area (Å²) in [6.07, 6.45) is 3.49. The zero-order valence-electron chi connectivity index (χ0n) is 10.4. The summed E-state index contributed by atoms with van der Waals surface area (Å²) >= 11 is 0. The van der Waals surface area contributed by atoms with E-state index < -0.39 is 8.60 Å². The van der Waals surface area contributed by atoms with Crippen LogP contribution in [0.1, 0.15) is 40.0 Å². The van der Waals surface area contributed by atoms with Gasteiger partial charge in [-0.2, -0.15) is 0 Å². The third-order valence-electron chi connectivity index (χ3n) is 1.47. The van der Waals surface area contributed by atoms with Crippen LogP contribution in [0, 0.1) is 0 Å². The van der Waals surface area contributed by atoms with Gasteiger partial charge >= 0.3 is 0 Å². The maximum Gasteiger partial charge on any atom is 0.299 e. The smallest absolute Gasteiger partial charge is 0.299 e. The molecular formula is C9H21O3PSi3. The highest BCUT2D eigenvalue weighted by molar-refractivity contribution is 7.45. The molecule has 0 amide bonds. The van der Waals surface area contributed by atoms with E-state index in [1.54, 1.807) is 0 Å². The molecular weight excluding hydrogens is 271 g/mol. The summed E-state index contributed by atoms with van der Waals surface area (Å²) in [5.74, 6) is 0. The lowest BCUT2D eigenvalue weighted by Gasteiger charge is -2.15. The van der Waals surface area contributed by atoms with Gasteiger partial charge in [0.05, 0.1) is 0 Å². The minimum atomic E-state index is -1.06. The second-order valence-electron chi connectivity index (χ2n) is 3.18. The lowest BCUT2D eigenvalue weighted by atomic mass is 10.6. The summed E-state index contributed by atoms with van der Waals surface area (Å²) in [5.41, 5.74) is 0. The molecule has 0 aliphatic rings. The highest BCUT2D eigenvalue weighted by Crippen LogP contribution is 2.38. The molecule has 0 atom stereocenters. The van der Waals surface area contributed by atoms with E-state index in [2.05, 4.69) is 20.8 Å². The van der Waals surface area contributed by atoms with Crippen LogP contribution in [0.15, 0.2) is 0 Å².